The fraction of sp³-hybridized carbons (Fsp3) is 0.200. The summed E-state index contributed by atoms with van der Waals surface area (Å²) in [6.07, 6.45) is 2.07. The molecule has 0 saturated carbocycles. The van der Waals surface area contributed by atoms with Crippen molar-refractivity contribution in [2.75, 3.05) is 11.6 Å². The second kappa shape index (κ2) is 5.29. The van der Waals surface area contributed by atoms with Gasteiger partial charge in [-0.2, -0.15) is 0 Å². The molecule has 0 aliphatic heterocycles. The highest BCUT2D eigenvalue weighted by molar-refractivity contribution is 9.09. The summed E-state index contributed by atoms with van der Waals surface area (Å²) in [4.78, 5) is 1.28. The summed E-state index contributed by atoms with van der Waals surface area (Å²) < 4.78 is 0. The summed E-state index contributed by atoms with van der Waals surface area (Å²) in [6.45, 7) is 0. The van der Waals surface area contributed by atoms with Gasteiger partial charge in [-0.3, -0.25) is 0 Å². The quantitative estimate of drug-likeness (QED) is 0.413. The Hall–Kier alpha value is -0.390. The second-order valence-corrected chi connectivity index (χ2v) is 3.60. The first-order valence-electron chi connectivity index (χ1n) is 3.55. The molecule has 0 aliphatic carbocycles. The van der Waals surface area contributed by atoms with Gasteiger partial charge in [0, 0.05) is 10.5 Å². The van der Waals surface area contributed by atoms with E-state index in [2.05, 4.69) is 46.2 Å². The van der Waals surface area contributed by atoms with Crippen LogP contribution in [0.4, 0.5) is 0 Å². The molecule has 0 N–H and O–H groups in total. The normalized spacial score (nSPS) is 8.83. The third-order valence-electron chi connectivity index (χ3n) is 1.39. The van der Waals surface area contributed by atoms with Gasteiger partial charge in [-0.1, -0.05) is 27.8 Å². The lowest BCUT2D eigenvalue weighted by molar-refractivity contribution is 1.45. The fourth-order valence-electron chi connectivity index (χ4n) is 0.810. The monoisotopic (exact) mass is 240 g/mol. The molecule has 0 radical (unpaired) electrons. The van der Waals surface area contributed by atoms with E-state index in [1.54, 1.807) is 11.8 Å². The van der Waals surface area contributed by atoms with Crippen LogP contribution in [0.5, 0.6) is 0 Å². The molecule has 0 heterocycles. The minimum atomic E-state index is 0.733. The van der Waals surface area contributed by atoms with Crippen molar-refractivity contribution in [2.45, 2.75) is 4.90 Å². The minimum Gasteiger partial charge on any atom is -0.130 e. The molecule has 0 saturated heterocycles. The molecule has 0 aromatic heterocycles. The summed E-state index contributed by atoms with van der Waals surface area (Å²) >= 11 is 5.00. The van der Waals surface area contributed by atoms with Crippen LogP contribution in [-0.4, -0.2) is 11.6 Å². The van der Waals surface area contributed by atoms with E-state index in [1.165, 1.54) is 4.90 Å². The van der Waals surface area contributed by atoms with Gasteiger partial charge in [-0.25, -0.2) is 0 Å². The van der Waals surface area contributed by atoms with Gasteiger partial charge < -0.3 is 0 Å². The summed E-state index contributed by atoms with van der Waals surface area (Å²) in [5, 5.41) is 0.733. The number of hydrogen-bond acceptors (Lipinski definition) is 1. The summed E-state index contributed by atoms with van der Waals surface area (Å²) in [7, 11) is 0. The molecular formula is C10H9BrS. The predicted octanol–water partition coefficient (Wildman–Crippen LogP) is 3.15. The zero-order chi connectivity index (χ0) is 8.81. The highest BCUT2D eigenvalue weighted by atomic mass is 79.9. The van der Waals surface area contributed by atoms with Crippen molar-refractivity contribution in [3.05, 3.63) is 29.8 Å². The van der Waals surface area contributed by atoms with Crippen molar-refractivity contribution in [3.8, 4) is 11.8 Å². The van der Waals surface area contributed by atoms with Crippen LogP contribution >= 0.6 is 27.7 Å². The van der Waals surface area contributed by atoms with Gasteiger partial charge in [0.15, 0.2) is 0 Å². The number of halogens is 1. The summed E-state index contributed by atoms with van der Waals surface area (Å²) in [5.74, 6) is 6.00. The van der Waals surface area contributed by atoms with E-state index >= 15 is 0 Å². The average molecular weight is 241 g/mol. The molecule has 0 atom stereocenters. The van der Waals surface area contributed by atoms with Crippen molar-refractivity contribution in [1.82, 2.24) is 0 Å². The molecule has 2 heteroatoms. The van der Waals surface area contributed by atoms with Gasteiger partial charge in [0.1, 0.15) is 0 Å². The van der Waals surface area contributed by atoms with Crippen molar-refractivity contribution >= 4 is 27.7 Å². The number of hydrogen-bond donors (Lipinski definition) is 0. The minimum absolute atomic E-state index is 0.733. The molecule has 1 aromatic carbocycles. The molecule has 0 bridgehead atoms. The molecule has 0 fully saturated rings. The predicted molar refractivity (Wildman–Crippen MR) is 58.9 cm³/mol. The lowest BCUT2D eigenvalue weighted by Gasteiger charge is -1.94. The van der Waals surface area contributed by atoms with E-state index in [0.717, 1.165) is 10.9 Å². The maximum absolute atomic E-state index is 3.26. The zero-order valence-corrected chi connectivity index (χ0v) is 9.21. The Labute approximate surface area is 85.9 Å². The van der Waals surface area contributed by atoms with Gasteiger partial charge >= 0.3 is 0 Å². The third kappa shape index (κ3) is 2.92. The molecule has 0 nitrogen and oxygen atoms in total. The molecular weight excluding hydrogens is 232 g/mol. The molecule has 0 aliphatic rings. The Morgan fingerprint density at radius 2 is 2.00 bits per heavy atom. The number of alkyl halides is 1. The van der Waals surface area contributed by atoms with Gasteiger partial charge in [0.25, 0.3) is 0 Å². The maximum Gasteiger partial charge on any atom is 0.0649 e. The molecule has 0 unspecified atom stereocenters. The van der Waals surface area contributed by atoms with Gasteiger partial charge in [0.05, 0.1) is 5.33 Å². The summed E-state index contributed by atoms with van der Waals surface area (Å²) in [5.41, 5.74) is 1.08. The Morgan fingerprint density at radius 3 is 2.50 bits per heavy atom. The van der Waals surface area contributed by atoms with Crippen LogP contribution in [0.15, 0.2) is 29.2 Å². The Kier molecular flexibility index (Phi) is 4.27. The largest absolute Gasteiger partial charge is 0.130 e. The molecule has 62 valence electrons. The van der Waals surface area contributed by atoms with Crippen LogP contribution < -0.4 is 0 Å². The summed E-state index contributed by atoms with van der Waals surface area (Å²) in [6, 6.07) is 8.26. The highest BCUT2D eigenvalue weighted by Gasteiger charge is 1.88. The van der Waals surface area contributed by atoms with E-state index < -0.39 is 0 Å². The topological polar surface area (TPSA) is 0 Å². The first-order valence-corrected chi connectivity index (χ1v) is 5.90. The van der Waals surface area contributed by atoms with Crippen molar-refractivity contribution < 1.29 is 0 Å². The smallest absolute Gasteiger partial charge is 0.0649 e. The number of benzene rings is 1. The third-order valence-corrected chi connectivity index (χ3v) is 2.41. The average Bonchev–Trinajstić information content (AvgIpc) is 2.15. The van der Waals surface area contributed by atoms with E-state index in [-0.39, 0.29) is 0 Å². The van der Waals surface area contributed by atoms with Gasteiger partial charge in [-0.05, 0) is 30.5 Å². The van der Waals surface area contributed by atoms with Crippen LogP contribution in [-0.2, 0) is 0 Å². The Balaban J connectivity index is 2.78. The lowest BCUT2D eigenvalue weighted by atomic mass is 10.2. The first-order chi connectivity index (χ1) is 5.86. The van der Waals surface area contributed by atoms with E-state index in [0.29, 0.717) is 0 Å². The number of rotatable bonds is 1. The molecule has 1 aromatic rings. The van der Waals surface area contributed by atoms with E-state index in [1.807, 2.05) is 12.1 Å². The van der Waals surface area contributed by atoms with Crippen LogP contribution in [0.3, 0.4) is 0 Å². The standard InChI is InChI=1S/C10H9BrS/c1-12-10-6-4-9(5-7-10)3-2-8-11/h4-7H,8H2,1H3. The van der Waals surface area contributed by atoms with E-state index in [4.69, 9.17) is 0 Å². The Morgan fingerprint density at radius 1 is 1.33 bits per heavy atom. The second-order valence-electron chi connectivity index (χ2n) is 2.16. The molecule has 1 rings (SSSR count). The highest BCUT2D eigenvalue weighted by Crippen LogP contribution is 2.14. The van der Waals surface area contributed by atoms with Gasteiger partial charge in [-0.15, -0.1) is 11.8 Å². The zero-order valence-electron chi connectivity index (χ0n) is 6.80. The maximum atomic E-state index is 3.26. The van der Waals surface area contributed by atoms with Crippen molar-refractivity contribution in [1.29, 1.82) is 0 Å². The lowest BCUT2D eigenvalue weighted by Crippen LogP contribution is -1.74. The first kappa shape index (κ1) is 9.70. The van der Waals surface area contributed by atoms with Gasteiger partial charge in [0.2, 0.25) is 0 Å². The van der Waals surface area contributed by atoms with Crippen LogP contribution in [0.2, 0.25) is 0 Å². The molecule has 0 spiro atoms. The van der Waals surface area contributed by atoms with E-state index in [9.17, 15) is 0 Å². The molecule has 0 amide bonds. The SMILES string of the molecule is CSc1ccc(C#CCBr)cc1. The Bertz CT molecular complexity index is 292. The van der Waals surface area contributed by atoms with Crippen LogP contribution in [0.25, 0.3) is 0 Å². The fourth-order valence-corrected chi connectivity index (χ4v) is 1.36. The van der Waals surface area contributed by atoms with Crippen LogP contribution in [0, 0.1) is 11.8 Å². The molecule has 12 heavy (non-hydrogen) atoms. The number of thioether (sulfide) groups is 1. The van der Waals surface area contributed by atoms with Crippen LogP contribution in [0.1, 0.15) is 5.56 Å². The van der Waals surface area contributed by atoms with Crippen molar-refractivity contribution in [2.24, 2.45) is 0 Å². The van der Waals surface area contributed by atoms with Crippen molar-refractivity contribution in [3.63, 3.8) is 0 Å².